The van der Waals surface area contributed by atoms with Crippen LogP contribution in [-0.4, -0.2) is 5.91 Å². The van der Waals surface area contributed by atoms with Crippen molar-refractivity contribution in [3.05, 3.63) is 69.2 Å². The molecule has 110 valence electrons. The van der Waals surface area contributed by atoms with E-state index >= 15 is 0 Å². The van der Waals surface area contributed by atoms with Gasteiger partial charge in [-0.05, 0) is 55.2 Å². The first-order valence-corrected chi connectivity index (χ1v) is 7.95. The average Bonchev–Trinajstić information content (AvgIpc) is 2.46. The monoisotopic (exact) mass is 345 g/mol. The van der Waals surface area contributed by atoms with Gasteiger partial charge in [-0.2, -0.15) is 0 Å². The van der Waals surface area contributed by atoms with Gasteiger partial charge in [0.1, 0.15) is 0 Å². The molecule has 0 bridgehead atoms. The normalized spacial score (nSPS) is 12.0. The predicted molar refractivity (Wildman–Crippen MR) is 90.6 cm³/mol. The Labute approximate surface area is 134 Å². The maximum absolute atomic E-state index is 12.3. The number of carbonyl (C=O) groups excluding carboxylic acids is 1. The topological polar surface area (TPSA) is 29.1 Å². The van der Waals surface area contributed by atoms with Gasteiger partial charge in [0.05, 0.1) is 6.04 Å². The van der Waals surface area contributed by atoms with Crippen molar-refractivity contribution in [2.75, 3.05) is 0 Å². The Morgan fingerprint density at radius 2 is 1.86 bits per heavy atom. The summed E-state index contributed by atoms with van der Waals surface area (Å²) in [6.07, 6.45) is 1.03. The van der Waals surface area contributed by atoms with Gasteiger partial charge in [0.15, 0.2) is 0 Å². The molecule has 0 fully saturated rings. The summed E-state index contributed by atoms with van der Waals surface area (Å²) in [6, 6.07) is 14.1. The van der Waals surface area contributed by atoms with E-state index in [2.05, 4.69) is 52.4 Å². The molecule has 0 aliphatic rings. The maximum atomic E-state index is 12.3. The number of benzene rings is 2. The van der Waals surface area contributed by atoms with Gasteiger partial charge in [-0.3, -0.25) is 4.79 Å². The molecule has 2 aromatic carbocycles. The van der Waals surface area contributed by atoms with Crippen LogP contribution in [0, 0.1) is 6.92 Å². The highest BCUT2D eigenvalue weighted by Crippen LogP contribution is 2.18. The molecule has 2 aromatic rings. The van der Waals surface area contributed by atoms with Crippen molar-refractivity contribution in [3.63, 3.8) is 0 Å². The van der Waals surface area contributed by atoms with Crippen LogP contribution in [0.25, 0.3) is 0 Å². The third-order valence-electron chi connectivity index (χ3n) is 3.54. The molecule has 0 saturated heterocycles. The van der Waals surface area contributed by atoms with Crippen LogP contribution in [0.1, 0.15) is 46.9 Å². The van der Waals surface area contributed by atoms with Gasteiger partial charge in [-0.1, -0.05) is 47.1 Å². The molecule has 0 aliphatic heterocycles. The molecule has 1 N–H and O–H groups in total. The molecule has 0 radical (unpaired) electrons. The smallest absolute Gasteiger partial charge is 0.251 e. The van der Waals surface area contributed by atoms with Crippen molar-refractivity contribution in [2.45, 2.75) is 33.2 Å². The van der Waals surface area contributed by atoms with E-state index in [1.165, 1.54) is 5.56 Å². The fraction of sp³-hybridized carbons (Fsp3) is 0.278. The minimum Gasteiger partial charge on any atom is -0.346 e. The van der Waals surface area contributed by atoms with E-state index in [1.54, 1.807) is 0 Å². The SMILES string of the molecule is CCc1ccc(C(C)NC(=O)c2cc(C)cc(Br)c2)cc1. The van der Waals surface area contributed by atoms with Crippen LogP contribution in [0.5, 0.6) is 0 Å². The number of carbonyl (C=O) groups is 1. The second kappa shape index (κ2) is 6.90. The Kier molecular flexibility index (Phi) is 5.18. The number of nitrogens with one attached hydrogen (secondary N) is 1. The molecule has 1 amide bonds. The summed E-state index contributed by atoms with van der Waals surface area (Å²) in [4.78, 5) is 12.3. The highest BCUT2D eigenvalue weighted by Gasteiger charge is 2.12. The first kappa shape index (κ1) is 15.8. The van der Waals surface area contributed by atoms with Crippen molar-refractivity contribution in [1.82, 2.24) is 5.32 Å². The number of hydrogen-bond donors (Lipinski definition) is 1. The molecule has 0 aromatic heterocycles. The number of amides is 1. The van der Waals surface area contributed by atoms with Crippen LogP contribution >= 0.6 is 15.9 Å². The first-order chi connectivity index (χ1) is 9.99. The van der Waals surface area contributed by atoms with Crippen LogP contribution in [-0.2, 0) is 6.42 Å². The van der Waals surface area contributed by atoms with Crippen LogP contribution in [0.4, 0.5) is 0 Å². The van der Waals surface area contributed by atoms with Gasteiger partial charge in [0.2, 0.25) is 0 Å². The Morgan fingerprint density at radius 1 is 1.19 bits per heavy atom. The lowest BCUT2D eigenvalue weighted by Crippen LogP contribution is -2.26. The number of aryl methyl sites for hydroxylation is 2. The average molecular weight is 346 g/mol. The molecule has 0 aliphatic carbocycles. The van der Waals surface area contributed by atoms with E-state index in [-0.39, 0.29) is 11.9 Å². The van der Waals surface area contributed by atoms with Gasteiger partial charge in [0, 0.05) is 10.0 Å². The molecule has 2 rings (SSSR count). The second-order valence-corrected chi connectivity index (χ2v) is 6.22. The maximum Gasteiger partial charge on any atom is 0.251 e. The number of halogens is 1. The molecule has 0 spiro atoms. The minimum atomic E-state index is -0.0496. The summed E-state index contributed by atoms with van der Waals surface area (Å²) in [7, 11) is 0. The molecule has 0 heterocycles. The van der Waals surface area contributed by atoms with Crippen LogP contribution in [0.2, 0.25) is 0 Å². The van der Waals surface area contributed by atoms with E-state index in [4.69, 9.17) is 0 Å². The van der Waals surface area contributed by atoms with Crippen LogP contribution < -0.4 is 5.32 Å². The Morgan fingerprint density at radius 3 is 2.43 bits per heavy atom. The predicted octanol–water partition coefficient (Wildman–Crippen LogP) is 4.81. The fourth-order valence-electron chi connectivity index (χ4n) is 2.27. The van der Waals surface area contributed by atoms with Crippen molar-refractivity contribution in [3.8, 4) is 0 Å². The lowest BCUT2D eigenvalue weighted by molar-refractivity contribution is 0.0939. The molecule has 3 heteroatoms. The lowest BCUT2D eigenvalue weighted by Gasteiger charge is -2.15. The summed E-state index contributed by atoms with van der Waals surface area (Å²) >= 11 is 3.43. The first-order valence-electron chi connectivity index (χ1n) is 7.16. The van der Waals surface area contributed by atoms with Crippen molar-refractivity contribution >= 4 is 21.8 Å². The minimum absolute atomic E-state index is 0.0114. The molecule has 1 unspecified atom stereocenters. The Hall–Kier alpha value is -1.61. The molecular formula is C18H20BrNO. The van der Waals surface area contributed by atoms with Gasteiger partial charge in [0.25, 0.3) is 5.91 Å². The second-order valence-electron chi connectivity index (χ2n) is 5.31. The number of rotatable bonds is 4. The van der Waals surface area contributed by atoms with E-state index in [0.717, 1.165) is 22.0 Å². The third kappa shape index (κ3) is 4.18. The van der Waals surface area contributed by atoms with E-state index < -0.39 is 0 Å². The fourth-order valence-corrected chi connectivity index (χ4v) is 2.88. The zero-order chi connectivity index (χ0) is 15.4. The zero-order valence-electron chi connectivity index (χ0n) is 12.6. The standard InChI is InChI=1S/C18H20BrNO/c1-4-14-5-7-15(8-6-14)13(3)20-18(21)16-9-12(2)10-17(19)11-16/h5-11,13H,4H2,1-3H3,(H,20,21). The third-order valence-corrected chi connectivity index (χ3v) is 4.00. The summed E-state index contributed by atoms with van der Waals surface area (Å²) in [5.74, 6) is -0.0496. The largest absolute Gasteiger partial charge is 0.346 e. The van der Waals surface area contributed by atoms with E-state index in [1.807, 2.05) is 32.0 Å². The van der Waals surface area contributed by atoms with E-state index in [0.29, 0.717) is 5.56 Å². The quantitative estimate of drug-likeness (QED) is 0.846. The van der Waals surface area contributed by atoms with Crippen molar-refractivity contribution < 1.29 is 4.79 Å². The molecule has 0 saturated carbocycles. The highest BCUT2D eigenvalue weighted by atomic mass is 79.9. The molecule has 21 heavy (non-hydrogen) atoms. The van der Waals surface area contributed by atoms with Gasteiger partial charge in [-0.15, -0.1) is 0 Å². The van der Waals surface area contributed by atoms with Gasteiger partial charge in [-0.25, -0.2) is 0 Å². The lowest BCUT2D eigenvalue weighted by atomic mass is 10.0. The zero-order valence-corrected chi connectivity index (χ0v) is 14.2. The molecular weight excluding hydrogens is 326 g/mol. The number of hydrogen-bond acceptors (Lipinski definition) is 1. The summed E-state index contributed by atoms with van der Waals surface area (Å²) in [5, 5.41) is 3.04. The van der Waals surface area contributed by atoms with Crippen molar-refractivity contribution in [2.24, 2.45) is 0 Å². The molecule has 1 atom stereocenters. The Balaban J connectivity index is 2.10. The summed E-state index contributed by atoms with van der Waals surface area (Å²) < 4.78 is 0.924. The van der Waals surface area contributed by atoms with Crippen LogP contribution in [0.3, 0.4) is 0 Å². The van der Waals surface area contributed by atoms with E-state index in [9.17, 15) is 4.79 Å². The highest BCUT2D eigenvalue weighted by molar-refractivity contribution is 9.10. The summed E-state index contributed by atoms with van der Waals surface area (Å²) in [5.41, 5.74) is 4.17. The molecule has 2 nitrogen and oxygen atoms in total. The van der Waals surface area contributed by atoms with Gasteiger partial charge < -0.3 is 5.32 Å². The van der Waals surface area contributed by atoms with Crippen LogP contribution in [0.15, 0.2) is 46.9 Å². The van der Waals surface area contributed by atoms with Gasteiger partial charge >= 0.3 is 0 Å². The Bertz CT molecular complexity index is 614. The summed E-state index contributed by atoms with van der Waals surface area (Å²) in [6.45, 7) is 6.12. The van der Waals surface area contributed by atoms with Crippen molar-refractivity contribution in [1.29, 1.82) is 0 Å².